The maximum atomic E-state index is 13.2. The molecule has 0 fully saturated rings. The van der Waals surface area contributed by atoms with Gasteiger partial charge in [0.2, 0.25) is 11.8 Å². The number of rotatable bonds is 7. The molecule has 0 saturated heterocycles. The van der Waals surface area contributed by atoms with Gasteiger partial charge in [-0.25, -0.2) is 13.8 Å². The van der Waals surface area contributed by atoms with Crippen LogP contribution in [0, 0.1) is 25.5 Å². The van der Waals surface area contributed by atoms with E-state index in [2.05, 4.69) is 15.6 Å². The van der Waals surface area contributed by atoms with Gasteiger partial charge in [-0.15, -0.1) is 0 Å². The lowest BCUT2D eigenvalue weighted by atomic mass is 10.1. The van der Waals surface area contributed by atoms with Gasteiger partial charge in [0.25, 0.3) is 0 Å². The van der Waals surface area contributed by atoms with Crippen LogP contribution in [0.3, 0.4) is 0 Å². The molecule has 6 nitrogen and oxygen atoms in total. The topological polar surface area (TPSA) is 76.0 Å². The van der Waals surface area contributed by atoms with Crippen LogP contribution in [0.2, 0.25) is 0 Å². The molecule has 0 aliphatic carbocycles. The number of nitrogens with zero attached hydrogens (tertiary/aromatic N) is 2. The Morgan fingerprint density at radius 3 is 2.67 bits per heavy atom. The maximum Gasteiger partial charge on any atom is 0.243 e. The van der Waals surface area contributed by atoms with E-state index in [1.165, 1.54) is 17.8 Å². The van der Waals surface area contributed by atoms with Crippen LogP contribution in [-0.2, 0) is 9.59 Å². The molecule has 156 valence electrons. The summed E-state index contributed by atoms with van der Waals surface area (Å²) in [6.45, 7) is 3.77. The van der Waals surface area contributed by atoms with E-state index < -0.39 is 17.5 Å². The first-order chi connectivity index (χ1) is 14.3. The Kier molecular flexibility index (Phi) is 6.83. The van der Waals surface area contributed by atoms with Crippen LogP contribution in [0.1, 0.15) is 11.1 Å². The number of hydrogen-bond donors (Lipinski definition) is 2. The predicted octanol–water partition coefficient (Wildman–Crippen LogP) is 3.61. The highest BCUT2D eigenvalue weighted by Crippen LogP contribution is 2.24. The number of hydrogen-bond acceptors (Lipinski definition) is 4. The smallest absolute Gasteiger partial charge is 0.243 e. The molecule has 0 unspecified atom stereocenters. The molecule has 2 aromatic carbocycles. The average molecular weight is 430 g/mol. The quantitative estimate of drug-likeness (QED) is 0.562. The van der Waals surface area contributed by atoms with Gasteiger partial charge in [-0.1, -0.05) is 23.9 Å². The van der Waals surface area contributed by atoms with E-state index in [9.17, 15) is 18.4 Å². The van der Waals surface area contributed by atoms with Crippen LogP contribution in [-0.4, -0.2) is 33.7 Å². The van der Waals surface area contributed by atoms with E-state index in [1.807, 2.05) is 42.8 Å². The van der Waals surface area contributed by atoms with Crippen molar-refractivity contribution in [3.05, 3.63) is 71.6 Å². The molecule has 0 radical (unpaired) electrons. The molecule has 0 atom stereocenters. The lowest BCUT2D eigenvalue weighted by Gasteiger charge is -2.12. The second kappa shape index (κ2) is 9.53. The molecule has 0 aliphatic rings. The zero-order valence-corrected chi connectivity index (χ0v) is 17.2. The first-order valence-corrected chi connectivity index (χ1v) is 10.1. The zero-order valence-electron chi connectivity index (χ0n) is 16.4. The molecular weight excluding hydrogens is 410 g/mol. The van der Waals surface area contributed by atoms with E-state index in [0.717, 1.165) is 28.9 Å². The van der Waals surface area contributed by atoms with Gasteiger partial charge in [-0.2, -0.15) is 0 Å². The van der Waals surface area contributed by atoms with Crippen molar-refractivity contribution < 1.29 is 18.4 Å². The van der Waals surface area contributed by atoms with Crippen LogP contribution in [0.25, 0.3) is 5.69 Å². The van der Waals surface area contributed by atoms with E-state index in [-0.39, 0.29) is 23.9 Å². The van der Waals surface area contributed by atoms with E-state index in [0.29, 0.717) is 5.16 Å². The summed E-state index contributed by atoms with van der Waals surface area (Å²) in [6.07, 6.45) is 3.49. The Morgan fingerprint density at radius 1 is 1.10 bits per heavy atom. The lowest BCUT2D eigenvalue weighted by molar-refractivity contribution is -0.122. The first kappa shape index (κ1) is 21.5. The third-order valence-corrected chi connectivity index (χ3v) is 5.39. The van der Waals surface area contributed by atoms with Crippen molar-refractivity contribution >= 4 is 29.3 Å². The molecule has 0 bridgehead atoms. The number of anilines is 1. The van der Waals surface area contributed by atoms with Crippen LogP contribution >= 0.6 is 11.8 Å². The minimum atomic E-state index is -1.06. The van der Waals surface area contributed by atoms with Crippen molar-refractivity contribution in [2.45, 2.75) is 19.0 Å². The van der Waals surface area contributed by atoms with Crippen molar-refractivity contribution in [1.82, 2.24) is 14.9 Å². The van der Waals surface area contributed by atoms with Gasteiger partial charge in [0.05, 0.1) is 18.0 Å². The molecule has 1 aromatic heterocycles. The molecule has 1 heterocycles. The van der Waals surface area contributed by atoms with Gasteiger partial charge in [0, 0.05) is 24.1 Å². The Hall–Kier alpha value is -3.20. The number of thioether (sulfide) groups is 1. The summed E-state index contributed by atoms with van der Waals surface area (Å²) >= 11 is 1.25. The van der Waals surface area contributed by atoms with Gasteiger partial charge in [0.15, 0.2) is 16.8 Å². The van der Waals surface area contributed by atoms with Crippen LogP contribution < -0.4 is 10.6 Å². The third-order valence-electron chi connectivity index (χ3n) is 4.42. The first-order valence-electron chi connectivity index (χ1n) is 9.09. The lowest BCUT2D eigenvalue weighted by Crippen LogP contribution is -2.34. The van der Waals surface area contributed by atoms with E-state index in [1.54, 1.807) is 6.20 Å². The molecule has 3 rings (SSSR count). The number of imidazole rings is 1. The number of aromatic nitrogens is 2. The predicted molar refractivity (Wildman–Crippen MR) is 112 cm³/mol. The zero-order chi connectivity index (χ0) is 21.7. The van der Waals surface area contributed by atoms with E-state index in [4.69, 9.17) is 0 Å². The van der Waals surface area contributed by atoms with Crippen LogP contribution in [0.4, 0.5) is 14.5 Å². The largest absolute Gasteiger partial charge is 0.346 e. The molecule has 3 aromatic rings. The Balaban J connectivity index is 1.52. The average Bonchev–Trinajstić information content (AvgIpc) is 3.18. The van der Waals surface area contributed by atoms with E-state index >= 15 is 0 Å². The fourth-order valence-electron chi connectivity index (χ4n) is 2.72. The minimum absolute atomic E-state index is 0.0698. The number of carbonyl (C=O) groups is 2. The number of carbonyl (C=O) groups excluding carboxylic acids is 2. The van der Waals surface area contributed by atoms with Crippen molar-refractivity contribution in [3.63, 3.8) is 0 Å². The van der Waals surface area contributed by atoms with Crippen molar-refractivity contribution in [1.29, 1.82) is 0 Å². The molecule has 2 amide bonds. The highest BCUT2D eigenvalue weighted by atomic mass is 32.2. The normalized spacial score (nSPS) is 10.7. The number of aryl methyl sites for hydroxylation is 1. The monoisotopic (exact) mass is 430 g/mol. The van der Waals surface area contributed by atoms with Gasteiger partial charge < -0.3 is 10.6 Å². The van der Waals surface area contributed by atoms with Gasteiger partial charge in [0.1, 0.15) is 0 Å². The maximum absolute atomic E-state index is 13.2. The minimum Gasteiger partial charge on any atom is -0.346 e. The van der Waals surface area contributed by atoms with Gasteiger partial charge in [-0.05, 0) is 43.2 Å². The Bertz CT molecular complexity index is 1080. The third kappa shape index (κ3) is 5.24. The standard InChI is InChI=1S/C21H20F2N4O2S/c1-13-4-3-5-18(14(13)2)27-9-8-24-21(27)30-12-20(29)25-11-19(28)26-15-6-7-16(22)17(23)10-15/h3-10H,11-12H2,1-2H3,(H,25,29)(H,26,28). The van der Waals surface area contributed by atoms with Gasteiger partial charge in [-0.3, -0.25) is 14.2 Å². The summed E-state index contributed by atoms with van der Waals surface area (Å²) in [6, 6.07) is 9.00. The fourth-order valence-corrected chi connectivity index (χ4v) is 3.51. The molecule has 2 N–H and O–H groups in total. The SMILES string of the molecule is Cc1cccc(-n2ccnc2SCC(=O)NCC(=O)Nc2ccc(F)c(F)c2)c1C. The number of benzene rings is 2. The second-order valence-electron chi connectivity index (χ2n) is 6.54. The summed E-state index contributed by atoms with van der Waals surface area (Å²) in [4.78, 5) is 28.3. The molecule has 30 heavy (non-hydrogen) atoms. The highest BCUT2D eigenvalue weighted by molar-refractivity contribution is 7.99. The molecule has 9 heteroatoms. The van der Waals surface area contributed by atoms with Crippen molar-refractivity contribution in [2.75, 3.05) is 17.6 Å². The van der Waals surface area contributed by atoms with Crippen LogP contribution in [0.15, 0.2) is 53.9 Å². The number of nitrogens with one attached hydrogen (secondary N) is 2. The summed E-state index contributed by atoms with van der Waals surface area (Å²) in [7, 11) is 0. The molecule has 0 spiro atoms. The molecular formula is C21H20F2N4O2S. The summed E-state index contributed by atoms with van der Waals surface area (Å²) < 4.78 is 28.0. The molecule has 0 saturated carbocycles. The van der Waals surface area contributed by atoms with Crippen LogP contribution in [0.5, 0.6) is 0 Å². The number of halogens is 2. The van der Waals surface area contributed by atoms with Crippen molar-refractivity contribution in [2.24, 2.45) is 0 Å². The number of amides is 2. The second-order valence-corrected chi connectivity index (χ2v) is 7.48. The summed E-state index contributed by atoms with van der Waals surface area (Å²) in [5.41, 5.74) is 3.37. The summed E-state index contributed by atoms with van der Waals surface area (Å²) in [5, 5.41) is 5.55. The highest BCUT2D eigenvalue weighted by Gasteiger charge is 2.12. The fraction of sp³-hybridized carbons (Fsp3) is 0.190. The van der Waals surface area contributed by atoms with Crippen molar-refractivity contribution in [3.8, 4) is 5.69 Å². The Morgan fingerprint density at radius 2 is 1.90 bits per heavy atom. The molecule has 0 aliphatic heterocycles. The Labute approximate surface area is 176 Å². The summed E-state index contributed by atoms with van der Waals surface area (Å²) in [5.74, 6) is -2.89. The van der Waals surface area contributed by atoms with Gasteiger partial charge >= 0.3 is 0 Å².